The SMILES string of the molecule is CCC(NC(=O)c1ncsc1C)(Oc1ccc2c(cnn2-c2ccc(F)cc2)c1)c1cccc(OC)c1. The van der Waals surface area contributed by atoms with Gasteiger partial charge in [-0.1, -0.05) is 19.1 Å². The molecule has 3 aromatic carbocycles. The predicted octanol–water partition coefficient (Wildman–Crippen LogP) is 6.01. The van der Waals surface area contributed by atoms with Crippen molar-refractivity contribution in [2.24, 2.45) is 0 Å². The van der Waals surface area contributed by atoms with Gasteiger partial charge < -0.3 is 14.8 Å². The molecule has 0 aliphatic heterocycles. The first-order valence-corrected chi connectivity index (χ1v) is 12.6. The molecular weight excluding hydrogens is 491 g/mol. The van der Waals surface area contributed by atoms with Crippen LogP contribution in [0.1, 0.15) is 34.3 Å². The minimum Gasteiger partial charge on any atom is -0.497 e. The number of carbonyl (C=O) groups excluding carboxylic acids is 1. The van der Waals surface area contributed by atoms with E-state index in [1.54, 1.807) is 35.6 Å². The number of thiazole rings is 1. The first-order valence-electron chi connectivity index (χ1n) is 11.7. The zero-order valence-electron chi connectivity index (χ0n) is 20.6. The molecule has 1 amide bonds. The molecule has 2 heterocycles. The fourth-order valence-electron chi connectivity index (χ4n) is 4.23. The topological polar surface area (TPSA) is 78.3 Å². The van der Waals surface area contributed by atoms with Gasteiger partial charge in [0.05, 0.1) is 30.0 Å². The third kappa shape index (κ3) is 4.77. The van der Waals surface area contributed by atoms with E-state index >= 15 is 0 Å². The first-order chi connectivity index (χ1) is 17.9. The van der Waals surface area contributed by atoms with E-state index < -0.39 is 5.72 Å². The lowest BCUT2D eigenvalue weighted by molar-refractivity contribution is 0.0226. The molecule has 0 aliphatic carbocycles. The molecule has 188 valence electrons. The van der Waals surface area contributed by atoms with Crippen LogP contribution in [0.25, 0.3) is 16.6 Å². The third-order valence-corrected chi connectivity index (χ3v) is 6.97. The molecule has 1 atom stereocenters. The van der Waals surface area contributed by atoms with Gasteiger partial charge in [-0.05, 0) is 61.5 Å². The molecule has 5 rings (SSSR count). The number of rotatable bonds is 8. The van der Waals surface area contributed by atoms with Gasteiger partial charge in [-0.3, -0.25) is 4.79 Å². The van der Waals surface area contributed by atoms with Crippen LogP contribution in [0.4, 0.5) is 4.39 Å². The Labute approximate surface area is 217 Å². The van der Waals surface area contributed by atoms with Crippen molar-refractivity contribution in [1.82, 2.24) is 20.1 Å². The second-order valence-corrected chi connectivity index (χ2v) is 9.54. The number of methoxy groups -OCH3 is 1. The van der Waals surface area contributed by atoms with Crippen molar-refractivity contribution in [2.75, 3.05) is 7.11 Å². The number of nitrogens with one attached hydrogen (secondary N) is 1. The molecular formula is C28H25FN4O3S. The maximum Gasteiger partial charge on any atom is 0.274 e. The molecule has 0 spiro atoms. The zero-order valence-corrected chi connectivity index (χ0v) is 21.4. The van der Waals surface area contributed by atoms with E-state index in [1.165, 1.54) is 23.5 Å². The average Bonchev–Trinajstić information content (AvgIpc) is 3.54. The number of benzene rings is 3. The number of ether oxygens (including phenoxy) is 2. The van der Waals surface area contributed by atoms with Crippen LogP contribution in [-0.2, 0) is 5.72 Å². The Morgan fingerprint density at radius 1 is 1.11 bits per heavy atom. The lowest BCUT2D eigenvalue weighted by atomic mass is 9.98. The van der Waals surface area contributed by atoms with Gasteiger partial charge in [-0.15, -0.1) is 11.3 Å². The summed E-state index contributed by atoms with van der Waals surface area (Å²) in [4.78, 5) is 18.4. The van der Waals surface area contributed by atoms with Crippen molar-refractivity contribution < 1.29 is 18.7 Å². The molecule has 9 heteroatoms. The van der Waals surface area contributed by atoms with E-state index in [0.717, 1.165) is 27.0 Å². The van der Waals surface area contributed by atoms with Crippen LogP contribution in [0.15, 0.2) is 78.4 Å². The molecule has 0 fully saturated rings. The normalized spacial score (nSPS) is 12.8. The summed E-state index contributed by atoms with van der Waals surface area (Å²) in [5, 5.41) is 8.40. The van der Waals surface area contributed by atoms with Crippen LogP contribution in [0.5, 0.6) is 11.5 Å². The Hall–Kier alpha value is -4.24. The van der Waals surface area contributed by atoms with Crippen molar-refractivity contribution in [2.45, 2.75) is 26.0 Å². The second kappa shape index (κ2) is 10.0. The fraction of sp³-hybridized carbons (Fsp3) is 0.179. The molecule has 1 N–H and O–H groups in total. The van der Waals surface area contributed by atoms with E-state index in [4.69, 9.17) is 9.47 Å². The van der Waals surface area contributed by atoms with E-state index in [0.29, 0.717) is 23.6 Å². The van der Waals surface area contributed by atoms with Gasteiger partial charge in [0.2, 0.25) is 5.72 Å². The zero-order chi connectivity index (χ0) is 26.0. The van der Waals surface area contributed by atoms with Gasteiger partial charge in [0.25, 0.3) is 5.91 Å². The van der Waals surface area contributed by atoms with Crippen molar-refractivity contribution in [3.05, 3.63) is 100 Å². The lowest BCUT2D eigenvalue weighted by Crippen LogP contribution is -2.50. The quantitative estimate of drug-likeness (QED) is 0.256. The lowest BCUT2D eigenvalue weighted by Gasteiger charge is -2.35. The van der Waals surface area contributed by atoms with E-state index in [-0.39, 0.29) is 11.7 Å². The smallest absolute Gasteiger partial charge is 0.274 e. The van der Waals surface area contributed by atoms with Gasteiger partial charge in [-0.2, -0.15) is 5.10 Å². The highest BCUT2D eigenvalue weighted by molar-refractivity contribution is 7.09. The number of carbonyl (C=O) groups is 1. The Bertz CT molecular complexity index is 1560. The molecule has 0 aliphatic rings. The summed E-state index contributed by atoms with van der Waals surface area (Å²) in [6.07, 6.45) is 2.16. The molecule has 0 bridgehead atoms. The summed E-state index contributed by atoms with van der Waals surface area (Å²) in [6.45, 7) is 3.80. The maximum atomic E-state index is 13.4. The number of hydrogen-bond donors (Lipinski definition) is 1. The Kier molecular flexibility index (Phi) is 6.62. The van der Waals surface area contributed by atoms with Gasteiger partial charge in [0.15, 0.2) is 0 Å². The highest BCUT2D eigenvalue weighted by Crippen LogP contribution is 2.34. The van der Waals surface area contributed by atoms with Crippen molar-refractivity contribution in [3.8, 4) is 17.2 Å². The standard InChI is InChI=1S/C28H25FN4O3S/c1-4-28(20-6-5-7-23(15-20)35-3,32-27(34)26-18(2)37-17-30-26)36-24-12-13-25-19(14-24)16-31-33(25)22-10-8-21(29)9-11-22/h5-17H,4H2,1-3H3,(H,32,34). The summed E-state index contributed by atoms with van der Waals surface area (Å²) in [5.41, 5.74) is 3.14. The monoisotopic (exact) mass is 516 g/mol. The highest BCUT2D eigenvalue weighted by atomic mass is 32.1. The molecule has 0 saturated heterocycles. The number of aryl methyl sites for hydroxylation is 1. The van der Waals surface area contributed by atoms with Crippen molar-refractivity contribution in [1.29, 1.82) is 0 Å². The number of aromatic nitrogens is 3. The summed E-state index contributed by atoms with van der Waals surface area (Å²) in [6, 6.07) is 19.2. The molecule has 7 nitrogen and oxygen atoms in total. The van der Waals surface area contributed by atoms with Gasteiger partial charge in [-0.25, -0.2) is 14.1 Å². The van der Waals surface area contributed by atoms with Crippen LogP contribution in [-0.4, -0.2) is 27.8 Å². The minimum absolute atomic E-state index is 0.306. The summed E-state index contributed by atoms with van der Waals surface area (Å²) in [5.74, 6) is 0.563. The average molecular weight is 517 g/mol. The maximum absolute atomic E-state index is 13.4. The number of hydrogen-bond acceptors (Lipinski definition) is 6. The minimum atomic E-state index is -1.19. The highest BCUT2D eigenvalue weighted by Gasteiger charge is 2.36. The summed E-state index contributed by atoms with van der Waals surface area (Å²) >= 11 is 1.41. The Morgan fingerprint density at radius 3 is 2.62 bits per heavy atom. The van der Waals surface area contributed by atoms with Crippen LogP contribution in [0.3, 0.4) is 0 Å². The third-order valence-electron chi connectivity index (χ3n) is 6.21. The molecule has 1 unspecified atom stereocenters. The molecule has 5 aromatic rings. The molecule has 0 saturated carbocycles. The number of amides is 1. The first kappa shape index (κ1) is 24.5. The predicted molar refractivity (Wildman–Crippen MR) is 141 cm³/mol. The largest absolute Gasteiger partial charge is 0.497 e. The Morgan fingerprint density at radius 2 is 1.92 bits per heavy atom. The van der Waals surface area contributed by atoms with Crippen LogP contribution in [0, 0.1) is 12.7 Å². The van der Waals surface area contributed by atoms with Crippen molar-refractivity contribution in [3.63, 3.8) is 0 Å². The molecule has 37 heavy (non-hydrogen) atoms. The molecule has 2 aromatic heterocycles. The summed E-state index contributed by atoms with van der Waals surface area (Å²) in [7, 11) is 1.59. The van der Waals surface area contributed by atoms with E-state index in [2.05, 4.69) is 15.4 Å². The number of halogens is 1. The molecule has 0 radical (unpaired) electrons. The van der Waals surface area contributed by atoms with E-state index in [9.17, 15) is 9.18 Å². The van der Waals surface area contributed by atoms with Crippen LogP contribution < -0.4 is 14.8 Å². The number of nitrogens with zero attached hydrogens (tertiary/aromatic N) is 3. The van der Waals surface area contributed by atoms with Gasteiger partial charge in [0.1, 0.15) is 23.0 Å². The fourth-order valence-corrected chi connectivity index (χ4v) is 4.80. The van der Waals surface area contributed by atoms with Gasteiger partial charge >= 0.3 is 0 Å². The summed E-state index contributed by atoms with van der Waals surface area (Å²) < 4.78 is 27.1. The van der Waals surface area contributed by atoms with Crippen LogP contribution in [0.2, 0.25) is 0 Å². The van der Waals surface area contributed by atoms with Crippen molar-refractivity contribution >= 4 is 28.1 Å². The van der Waals surface area contributed by atoms with Crippen LogP contribution >= 0.6 is 11.3 Å². The Balaban J connectivity index is 1.54. The second-order valence-electron chi connectivity index (χ2n) is 8.48. The van der Waals surface area contributed by atoms with E-state index in [1.807, 2.05) is 56.3 Å². The number of fused-ring (bicyclic) bond motifs is 1. The van der Waals surface area contributed by atoms with Gasteiger partial charge in [0, 0.05) is 22.2 Å².